The second-order valence-electron chi connectivity index (χ2n) is 4.12. The molecule has 0 radical (unpaired) electrons. The zero-order valence-electron chi connectivity index (χ0n) is 9.80. The lowest BCUT2D eigenvalue weighted by atomic mass is 10.1. The van der Waals surface area contributed by atoms with E-state index in [-0.39, 0.29) is 5.95 Å². The highest BCUT2D eigenvalue weighted by Gasteiger charge is 2.12. The number of nitrogens with two attached hydrogens (primary N) is 2. The molecule has 4 N–H and O–H groups in total. The molecule has 0 aliphatic rings. The van der Waals surface area contributed by atoms with Gasteiger partial charge in [-0.2, -0.15) is 15.0 Å². The smallest absolute Gasteiger partial charge is 0.238 e. The summed E-state index contributed by atoms with van der Waals surface area (Å²) in [6.45, 7) is 4.87. The van der Waals surface area contributed by atoms with E-state index in [4.69, 9.17) is 16.2 Å². The van der Waals surface area contributed by atoms with Crippen LogP contribution < -0.4 is 16.2 Å². The second-order valence-corrected chi connectivity index (χ2v) is 5.15. The third kappa shape index (κ3) is 2.73. The third-order valence-corrected chi connectivity index (χ3v) is 3.05. The molecule has 0 bridgehead atoms. The number of anilines is 2. The summed E-state index contributed by atoms with van der Waals surface area (Å²) < 4.78 is 6.36. The van der Waals surface area contributed by atoms with Crippen molar-refractivity contribution in [1.82, 2.24) is 15.0 Å². The molecule has 0 saturated heterocycles. The Morgan fingerprint density at radius 2 is 2.00 bits per heavy atom. The molecule has 2 aromatic rings. The third-order valence-electron chi connectivity index (χ3n) is 2.19. The summed E-state index contributed by atoms with van der Waals surface area (Å²) in [5.41, 5.74) is 11.7. The fraction of sp³-hybridized carbons (Fsp3) is 0.500. The molecule has 2 rings (SSSR count). The van der Waals surface area contributed by atoms with E-state index in [0.29, 0.717) is 29.2 Å². The summed E-state index contributed by atoms with van der Waals surface area (Å²) in [5.74, 6) is 1.21. The van der Waals surface area contributed by atoms with Crippen LogP contribution in [0.15, 0.2) is 0 Å². The van der Waals surface area contributed by atoms with Gasteiger partial charge in [-0.25, -0.2) is 0 Å². The van der Waals surface area contributed by atoms with Gasteiger partial charge in [0, 0.05) is 0 Å². The Morgan fingerprint density at radius 1 is 1.24 bits per heavy atom. The molecule has 0 aromatic carbocycles. The maximum atomic E-state index is 5.63. The van der Waals surface area contributed by atoms with Gasteiger partial charge >= 0.3 is 0 Å². The molecule has 7 heteroatoms. The Labute approximate surface area is 103 Å². The van der Waals surface area contributed by atoms with Crippen molar-refractivity contribution in [3.8, 4) is 5.88 Å². The molecule has 0 spiro atoms. The average molecular weight is 253 g/mol. The van der Waals surface area contributed by atoms with E-state index in [2.05, 4.69) is 28.8 Å². The van der Waals surface area contributed by atoms with E-state index in [0.717, 1.165) is 11.1 Å². The number of hydrogen-bond donors (Lipinski definition) is 2. The summed E-state index contributed by atoms with van der Waals surface area (Å²) in [6, 6.07) is 0. The normalized spacial score (nSPS) is 11.2. The highest BCUT2D eigenvalue weighted by molar-refractivity contribution is 7.22. The lowest BCUT2D eigenvalue weighted by molar-refractivity contribution is 0.283. The number of nitrogen functional groups attached to an aromatic ring is 2. The Kier molecular flexibility index (Phi) is 3.28. The summed E-state index contributed by atoms with van der Waals surface area (Å²) in [4.78, 5) is 12.1. The van der Waals surface area contributed by atoms with Gasteiger partial charge in [-0.15, -0.1) is 0 Å². The molecule has 6 nitrogen and oxygen atoms in total. The molecule has 0 saturated carbocycles. The minimum absolute atomic E-state index is 0.155. The average Bonchev–Trinajstić information content (AvgIpc) is 2.57. The van der Waals surface area contributed by atoms with Gasteiger partial charge in [-0.05, 0) is 12.3 Å². The van der Waals surface area contributed by atoms with Crippen LogP contribution in [-0.4, -0.2) is 21.6 Å². The molecule has 0 amide bonds. The van der Waals surface area contributed by atoms with Crippen molar-refractivity contribution in [2.45, 2.75) is 20.3 Å². The van der Waals surface area contributed by atoms with Crippen molar-refractivity contribution in [3.63, 3.8) is 0 Å². The maximum absolute atomic E-state index is 5.63. The fourth-order valence-corrected chi connectivity index (χ4v) is 2.04. The van der Waals surface area contributed by atoms with Crippen molar-refractivity contribution < 1.29 is 4.74 Å². The Balaban J connectivity index is 2.25. The molecule has 0 fully saturated rings. The number of thiazole rings is 1. The van der Waals surface area contributed by atoms with Crippen LogP contribution in [0, 0.1) is 5.92 Å². The molecule has 2 heterocycles. The summed E-state index contributed by atoms with van der Waals surface area (Å²) in [6.07, 6.45) is 0.958. The predicted octanol–water partition coefficient (Wildman–Crippen LogP) is 1.68. The van der Waals surface area contributed by atoms with Crippen LogP contribution in [0.3, 0.4) is 0 Å². The molecule has 92 valence electrons. The topological polar surface area (TPSA) is 99.9 Å². The van der Waals surface area contributed by atoms with Crippen LogP contribution in [0.2, 0.25) is 0 Å². The van der Waals surface area contributed by atoms with E-state index in [9.17, 15) is 0 Å². The maximum Gasteiger partial charge on any atom is 0.238 e. The van der Waals surface area contributed by atoms with Crippen molar-refractivity contribution in [1.29, 1.82) is 0 Å². The largest absolute Gasteiger partial charge is 0.476 e. The van der Waals surface area contributed by atoms with Gasteiger partial charge in [0.05, 0.1) is 6.61 Å². The van der Waals surface area contributed by atoms with Crippen molar-refractivity contribution >= 4 is 32.8 Å². The monoisotopic (exact) mass is 253 g/mol. The summed E-state index contributed by atoms with van der Waals surface area (Å²) in [7, 11) is 0. The van der Waals surface area contributed by atoms with E-state index >= 15 is 0 Å². The van der Waals surface area contributed by atoms with Gasteiger partial charge < -0.3 is 16.2 Å². The molecule has 17 heavy (non-hydrogen) atoms. The molecule has 0 aliphatic carbocycles. The molecule has 0 atom stereocenters. The number of aromatic nitrogens is 3. The highest BCUT2D eigenvalue weighted by atomic mass is 32.1. The first-order valence-corrected chi connectivity index (χ1v) is 6.20. The molecular weight excluding hydrogens is 238 g/mol. The minimum Gasteiger partial charge on any atom is -0.476 e. The van der Waals surface area contributed by atoms with Crippen LogP contribution in [0.25, 0.3) is 10.3 Å². The van der Waals surface area contributed by atoms with Gasteiger partial charge in [0.25, 0.3) is 0 Å². The fourth-order valence-electron chi connectivity index (χ4n) is 1.32. The first-order valence-electron chi connectivity index (χ1n) is 5.38. The number of hydrogen-bond acceptors (Lipinski definition) is 7. The first kappa shape index (κ1) is 11.8. The first-order chi connectivity index (χ1) is 8.06. The predicted molar refractivity (Wildman–Crippen MR) is 69.0 cm³/mol. The number of rotatable bonds is 4. The van der Waals surface area contributed by atoms with Gasteiger partial charge in [0.15, 0.2) is 10.8 Å². The zero-order chi connectivity index (χ0) is 12.4. The van der Waals surface area contributed by atoms with Gasteiger partial charge in [0.1, 0.15) is 4.70 Å². The lowest BCUT2D eigenvalue weighted by Gasteiger charge is -2.07. The number of ether oxygens (including phenoxy) is 1. The second kappa shape index (κ2) is 4.70. The van der Waals surface area contributed by atoms with Crippen LogP contribution in [0.5, 0.6) is 5.88 Å². The van der Waals surface area contributed by atoms with Crippen molar-refractivity contribution in [3.05, 3.63) is 0 Å². The van der Waals surface area contributed by atoms with Crippen LogP contribution >= 0.6 is 11.3 Å². The van der Waals surface area contributed by atoms with Crippen LogP contribution in [0.1, 0.15) is 20.3 Å². The summed E-state index contributed by atoms with van der Waals surface area (Å²) in [5, 5.41) is 0.439. The van der Waals surface area contributed by atoms with E-state index in [1.807, 2.05) is 0 Å². The summed E-state index contributed by atoms with van der Waals surface area (Å²) >= 11 is 1.31. The standard InChI is InChI=1S/C10H15N5OS/c1-5(2)3-4-16-8-6-7(13-9(11)15-8)14-10(12)17-6/h5H,3-4H2,1-2H3,(H4,11,12,13,14,15). The van der Waals surface area contributed by atoms with E-state index in [1.165, 1.54) is 11.3 Å². The van der Waals surface area contributed by atoms with Gasteiger partial charge in [0.2, 0.25) is 11.8 Å². The van der Waals surface area contributed by atoms with E-state index in [1.54, 1.807) is 0 Å². The quantitative estimate of drug-likeness (QED) is 0.859. The Morgan fingerprint density at radius 3 is 2.71 bits per heavy atom. The molecule has 2 aromatic heterocycles. The van der Waals surface area contributed by atoms with Crippen LogP contribution in [-0.2, 0) is 0 Å². The highest BCUT2D eigenvalue weighted by Crippen LogP contribution is 2.30. The molecular formula is C10H15N5OS. The van der Waals surface area contributed by atoms with Gasteiger partial charge in [-0.1, -0.05) is 25.2 Å². The number of fused-ring (bicyclic) bond motifs is 1. The van der Waals surface area contributed by atoms with Crippen molar-refractivity contribution in [2.75, 3.05) is 18.1 Å². The van der Waals surface area contributed by atoms with E-state index < -0.39 is 0 Å². The van der Waals surface area contributed by atoms with Gasteiger partial charge in [-0.3, -0.25) is 0 Å². The van der Waals surface area contributed by atoms with Crippen LogP contribution in [0.4, 0.5) is 11.1 Å². The molecule has 0 aliphatic heterocycles. The minimum atomic E-state index is 0.155. The van der Waals surface area contributed by atoms with Crippen molar-refractivity contribution in [2.24, 2.45) is 5.92 Å². The number of nitrogens with zero attached hydrogens (tertiary/aromatic N) is 3. The lowest BCUT2D eigenvalue weighted by Crippen LogP contribution is -2.05. The Bertz CT molecular complexity index is 525. The Hall–Kier alpha value is -1.63. The zero-order valence-corrected chi connectivity index (χ0v) is 10.6. The molecule has 0 unspecified atom stereocenters. The SMILES string of the molecule is CC(C)CCOc1nc(N)nc2nc(N)sc12.